The molecule has 2 aliphatic rings. The first-order valence-corrected chi connectivity index (χ1v) is 11.8. The van der Waals surface area contributed by atoms with Crippen LogP contribution in [0.1, 0.15) is 91.2 Å². The van der Waals surface area contributed by atoms with Crippen LogP contribution in [0, 0.1) is 10.8 Å². The van der Waals surface area contributed by atoms with E-state index in [1.807, 2.05) is 47.6 Å². The molecule has 0 N–H and O–H groups in total. The largest absolute Gasteiger partial charge is 0.422 e. The molecule has 5 nitrogen and oxygen atoms in total. The zero-order valence-corrected chi connectivity index (χ0v) is 20.3. The topological polar surface area (TPSA) is 55.8 Å². The Morgan fingerprint density at radius 1 is 1.00 bits per heavy atom. The molecule has 0 saturated carbocycles. The number of carbonyl (C=O) groups excluding carboxylic acids is 2. The van der Waals surface area contributed by atoms with E-state index in [1.54, 1.807) is 0 Å². The molecule has 0 spiro atoms. The maximum atomic E-state index is 12.8. The van der Waals surface area contributed by atoms with Crippen LogP contribution in [0.25, 0.3) is 0 Å². The minimum Gasteiger partial charge on any atom is -0.422 e. The predicted octanol–water partition coefficient (Wildman–Crippen LogP) is 5.49. The van der Waals surface area contributed by atoms with Gasteiger partial charge in [0, 0.05) is 11.6 Å². The smallest absolute Gasteiger partial charge is 0.316 e. The second kappa shape index (κ2) is 8.93. The molecule has 1 aliphatic heterocycles. The first kappa shape index (κ1) is 23.8. The van der Waals surface area contributed by atoms with Gasteiger partial charge in [0.05, 0.1) is 10.8 Å². The number of rotatable bonds is 4. The third-order valence-corrected chi connectivity index (χ3v) is 6.38. The molecule has 0 aromatic heterocycles. The van der Waals surface area contributed by atoms with E-state index in [0.29, 0.717) is 23.5 Å². The Labute approximate surface area is 187 Å². The summed E-state index contributed by atoms with van der Waals surface area (Å²) in [6, 6.07) is 4.46. The van der Waals surface area contributed by atoms with Gasteiger partial charge in [-0.1, -0.05) is 13.0 Å². The molecule has 1 heterocycles. The van der Waals surface area contributed by atoms with Crippen molar-refractivity contribution in [1.29, 1.82) is 0 Å². The normalized spacial score (nSPS) is 21.8. The van der Waals surface area contributed by atoms with Gasteiger partial charge in [-0.15, -0.1) is 0 Å². The summed E-state index contributed by atoms with van der Waals surface area (Å²) in [4.78, 5) is 28.0. The Bertz CT molecular complexity index is 829. The molecule has 1 fully saturated rings. The van der Waals surface area contributed by atoms with E-state index in [4.69, 9.17) is 9.47 Å². The maximum absolute atomic E-state index is 12.8. The zero-order valence-electron chi connectivity index (χ0n) is 20.3. The summed E-state index contributed by atoms with van der Waals surface area (Å²) in [5.74, 6) is 0.592. The van der Waals surface area contributed by atoms with Crippen LogP contribution in [0.15, 0.2) is 12.1 Å². The molecule has 0 bridgehead atoms. The number of piperidine rings is 1. The van der Waals surface area contributed by atoms with Crippen molar-refractivity contribution in [3.8, 4) is 11.5 Å². The van der Waals surface area contributed by atoms with Gasteiger partial charge < -0.3 is 9.47 Å². The number of carbonyl (C=O) groups is 2. The summed E-state index contributed by atoms with van der Waals surface area (Å²) in [5.41, 5.74) is 1.00. The van der Waals surface area contributed by atoms with E-state index in [-0.39, 0.29) is 11.9 Å². The monoisotopic (exact) mass is 429 g/mol. The van der Waals surface area contributed by atoms with Crippen LogP contribution in [0.2, 0.25) is 0 Å². The minimum atomic E-state index is -0.645. The van der Waals surface area contributed by atoms with E-state index in [2.05, 4.69) is 17.9 Å². The molecule has 1 unspecified atom stereocenters. The Kier molecular flexibility index (Phi) is 6.85. The molecule has 5 heteroatoms. The first-order chi connectivity index (χ1) is 14.4. The van der Waals surface area contributed by atoms with Crippen molar-refractivity contribution in [2.75, 3.05) is 13.1 Å². The van der Waals surface area contributed by atoms with Gasteiger partial charge in [-0.25, -0.2) is 0 Å². The van der Waals surface area contributed by atoms with Crippen LogP contribution in [0.4, 0.5) is 0 Å². The molecule has 0 amide bonds. The average Bonchev–Trinajstić information content (AvgIpc) is 2.68. The highest BCUT2D eigenvalue weighted by Gasteiger charge is 2.39. The minimum absolute atomic E-state index is 0.313. The Hall–Kier alpha value is -1.88. The average molecular weight is 430 g/mol. The SMILES string of the molecule is CCCN1CCC[C@H]2c3ccc(OC(=O)C(C)(C)C)c(OC(=O)C(C)(C)C)c3CCC21. The lowest BCUT2D eigenvalue weighted by Crippen LogP contribution is -2.46. The van der Waals surface area contributed by atoms with Gasteiger partial charge >= 0.3 is 11.9 Å². The highest BCUT2D eigenvalue weighted by molar-refractivity contribution is 5.82. The van der Waals surface area contributed by atoms with E-state index in [9.17, 15) is 9.59 Å². The van der Waals surface area contributed by atoms with Crippen LogP contribution in [0.3, 0.4) is 0 Å². The lowest BCUT2D eigenvalue weighted by atomic mass is 9.74. The van der Waals surface area contributed by atoms with Gasteiger partial charge in [-0.2, -0.15) is 0 Å². The van der Waals surface area contributed by atoms with E-state index in [1.165, 1.54) is 12.0 Å². The van der Waals surface area contributed by atoms with Crippen LogP contribution >= 0.6 is 0 Å². The van der Waals surface area contributed by atoms with Gasteiger partial charge in [0.25, 0.3) is 0 Å². The predicted molar refractivity (Wildman–Crippen MR) is 123 cm³/mol. The number of hydrogen-bond acceptors (Lipinski definition) is 5. The third-order valence-electron chi connectivity index (χ3n) is 6.38. The zero-order chi connectivity index (χ0) is 23.0. The standard InChI is InChI=1S/C26H39NO4/c1-8-15-27-16-9-10-18-17-12-14-21(30-23(28)25(2,3)4)22(19(17)11-13-20(18)27)31-24(29)26(5,6)7/h12,14,18,20H,8-11,13,15-16H2,1-7H3/t18-,20?/m0/s1. The van der Waals surface area contributed by atoms with Gasteiger partial charge in [-0.05, 0) is 104 Å². The van der Waals surface area contributed by atoms with Crippen LogP contribution in [-0.4, -0.2) is 36.0 Å². The summed E-state index contributed by atoms with van der Waals surface area (Å²) in [7, 11) is 0. The van der Waals surface area contributed by atoms with Crippen molar-refractivity contribution in [2.24, 2.45) is 10.8 Å². The number of esters is 2. The number of likely N-dealkylation sites (tertiary alicyclic amines) is 1. The first-order valence-electron chi connectivity index (χ1n) is 11.8. The van der Waals surface area contributed by atoms with E-state index >= 15 is 0 Å². The summed E-state index contributed by atoms with van der Waals surface area (Å²) < 4.78 is 11.7. The van der Waals surface area contributed by atoms with E-state index < -0.39 is 10.8 Å². The van der Waals surface area contributed by atoms with Crippen molar-refractivity contribution < 1.29 is 19.1 Å². The summed E-state index contributed by atoms with van der Waals surface area (Å²) in [5, 5.41) is 0. The van der Waals surface area contributed by atoms with Crippen molar-refractivity contribution in [2.45, 2.75) is 92.5 Å². The number of fused-ring (bicyclic) bond motifs is 3. The lowest BCUT2D eigenvalue weighted by molar-refractivity contribution is -0.145. The molecule has 31 heavy (non-hydrogen) atoms. The summed E-state index contributed by atoms with van der Waals surface area (Å²) in [6.45, 7) is 15.5. The van der Waals surface area contributed by atoms with Crippen molar-refractivity contribution in [3.05, 3.63) is 23.3 Å². The van der Waals surface area contributed by atoms with Gasteiger partial charge in [0.1, 0.15) is 0 Å². The molecule has 1 aliphatic carbocycles. The quantitative estimate of drug-likeness (QED) is 0.468. The van der Waals surface area contributed by atoms with Crippen molar-refractivity contribution in [1.82, 2.24) is 4.90 Å². The van der Waals surface area contributed by atoms with Gasteiger partial charge in [0.15, 0.2) is 11.5 Å². The Balaban J connectivity index is 2.02. The van der Waals surface area contributed by atoms with E-state index in [0.717, 1.165) is 44.3 Å². The molecule has 172 valence electrons. The summed E-state index contributed by atoms with van der Waals surface area (Å²) >= 11 is 0. The lowest BCUT2D eigenvalue weighted by Gasteiger charge is -2.45. The highest BCUT2D eigenvalue weighted by Crippen LogP contribution is 2.47. The Morgan fingerprint density at radius 2 is 1.65 bits per heavy atom. The number of benzene rings is 1. The molecule has 1 aromatic rings. The molecule has 2 atom stereocenters. The Morgan fingerprint density at radius 3 is 2.26 bits per heavy atom. The maximum Gasteiger partial charge on any atom is 0.316 e. The molecule has 3 rings (SSSR count). The van der Waals surface area contributed by atoms with Gasteiger partial charge in [-0.3, -0.25) is 14.5 Å². The molecular formula is C26H39NO4. The second-order valence-electron chi connectivity index (χ2n) is 11.1. The molecular weight excluding hydrogens is 390 g/mol. The fourth-order valence-electron chi connectivity index (χ4n) is 4.65. The van der Waals surface area contributed by atoms with Crippen molar-refractivity contribution in [3.63, 3.8) is 0 Å². The van der Waals surface area contributed by atoms with Gasteiger partial charge in [0.2, 0.25) is 0 Å². The molecule has 1 aromatic carbocycles. The molecule has 0 radical (unpaired) electrons. The number of hydrogen-bond donors (Lipinski definition) is 0. The number of ether oxygens (including phenoxy) is 2. The second-order valence-corrected chi connectivity index (χ2v) is 11.1. The highest BCUT2D eigenvalue weighted by atomic mass is 16.6. The van der Waals surface area contributed by atoms with Crippen LogP contribution < -0.4 is 9.47 Å². The van der Waals surface area contributed by atoms with Crippen LogP contribution in [0.5, 0.6) is 11.5 Å². The summed E-state index contributed by atoms with van der Waals surface area (Å²) in [6.07, 6.45) is 5.34. The molecule has 1 saturated heterocycles. The van der Waals surface area contributed by atoms with Crippen LogP contribution in [-0.2, 0) is 16.0 Å². The third kappa shape index (κ3) is 5.14. The number of nitrogens with zero attached hydrogens (tertiary/aromatic N) is 1. The fourth-order valence-corrected chi connectivity index (χ4v) is 4.65. The fraction of sp³-hybridized carbons (Fsp3) is 0.692. The van der Waals surface area contributed by atoms with Crippen molar-refractivity contribution >= 4 is 11.9 Å².